The molecule has 0 N–H and O–H groups in total. The van der Waals surface area contributed by atoms with Crippen molar-refractivity contribution in [3.8, 4) is 0 Å². The molecule has 0 spiro atoms. The molecule has 1 aromatic rings. The highest BCUT2D eigenvalue weighted by molar-refractivity contribution is 6.75. The van der Waals surface area contributed by atoms with Crippen LogP contribution in [-0.2, 0) is 4.12 Å². The fraction of sp³-hybridized carbons (Fsp3) is 0.333. The van der Waals surface area contributed by atoms with Crippen molar-refractivity contribution in [3.05, 3.63) is 30.3 Å². The summed E-state index contributed by atoms with van der Waals surface area (Å²) in [5.74, 6) is 0. The van der Waals surface area contributed by atoms with Gasteiger partial charge in [-0.15, -0.1) is 0 Å². The van der Waals surface area contributed by atoms with Gasteiger partial charge in [0.15, 0.2) is 0 Å². The predicted octanol–water partition coefficient (Wildman–Crippen LogP) is 1.78. The van der Waals surface area contributed by atoms with Gasteiger partial charge in [-0.2, -0.15) is 5.19 Å². The smallest absolute Gasteiger partial charge is 0.141 e. The SMILES string of the molecule is C[Si](C)(C)O[Si-]c1ccccc1. The van der Waals surface area contributed by atoms with Crippen LogP contribution in [-0.4, -0.2) is 18.1 Å². The number of benzene rings is 1. The molecule has 1 aromatic carbocycles. The minimum atomic E-state index is -1.33. The van der Waals surface area contributed by atoms with Gasteiger partial charge in [0.1, 0.15) is 8.32 Å². The predicted molar refractivity (Wildman–Crippen MR) is 56.3 cm³/mol. The lowest BCUT2D eigenvalue weighted by atomic mass is 10.4. The molecule has 0 bridgehead atoms. The summed E-state index contributed by atoms with van der Waals surface area (Å²) < 4.78 is 5.78. The van der Waals surface area contributed by atoms with Crippen molar-refractivity contribution in [1.82, 2.24) is 0 Å². The van der Waals surface area contributed by atoms with E-state index in [0.717, 1.165) is 0 Å². The van der Waals surface area contributed by atoms with Crippen molar-refractivity contribution in [1.29, 1.82) is 0 Å². The average molecular weight is 194 g/mol. The van der Waals surface area contributed by atoms with Gasteiger partial charge in [-0.1, -0.05) is 30.3 Å². The van der Waals surface area contributed by atoms with E-state index in [4.69, 9.17) is 4.12 Å². The molecule has 0 saturated carbocycles. The maximum Gasteiger partial charge on any atom is 0.141 e. The van der Waals surface area contributed by atoms with Crippen molar-refractivity contribution < 1.29 is 4.12 Å². The number of rotatable bonds is 3. The van der Waals surface area contributed by atoms with Crippen LogP contribution in [0.3, 0.4) is 0 Å². The second-order valence-electron chi connectivity index (χ2n) is 3.68. The molecule has 0 aliphatic carbocycles. The summed E-state index contributed by atoms with van der Waals surface area (Å²) in [6.07, 6.45) is 0. The Hall–Kier alpha value is -0.386. The lowest BCUT2D eigenvalue weighted by Crippen LogP contribution is -2.32. The molecule has 0 unspecified atom stereocenters. The fourth-order valence-electron chi connectivity index (χ4n) is 0.718. The Kier molecular flexibility index (Phi) is 3.25. The molecule has 0 atom stereocenters. The van der Waals surface area contributed by atoms with E-state index >= 15 is 0 Å². The van der Waals surface area contributed by atoms with Crippen molar-refractivity contribution in [2.45, 2.75) is 19.6 Å². The molecule has 3 heteroatoms. The van der Waals surface area contributed by atoms with Crippen LogP contribution in [0.25, 0.3) is 0 Å². The van der Waals surface area contributed by atoms with E-state index in [1.54, 1.807) is 0 Å². The first-order valence-electron chi connectivity index (χ1n) is 4.07. The third kappa shape index (κ3) is 3.85. The van der Waals surface area contributed by atoms with Gasteiger partial charge in [0.05, 0.1) is 0 Å². The molecule has 0 amide bonds. The standard InChI is InChI=1S/C9H14OSi2/c1-12(2,3)10-11-9-7-5-4-6-8-9/h4-8H,1-3H3/q-1. The monoisotopic (exact) mass is 194 g/mol. The molecular weight excluding hydrogens is 180 g/mol. The van der Waals surface area contributed by atoms with Gasteiger partial charge in [0, 0.05) is 0 Å². The zero-order chi connectivity index (χ0) is 9.03. The molecule has 0 saturated heterocycles. The van der Waals surface area contributed by atoms with Crippen LogP contribution in [0.15, 0.2) is 30.3 Å². The lowest BCUT2D eigenvalue weighted by Gasteiger charge is -2.30. The van der Waals surface area contributed by atoms with Crippen LogP contribution in [0.2, 0.25) is 19.6 Å². The zero-order valence-corrected chi connectivity index (χ0v) is 9.79. The highest BCUT2D eigenvalue weighted by Crippen LogP contribution is 2.00. The molecule has 1 radical (unpaired) electrons. The fourth-order valence-corrected chi connectivity index (χ4v) is 2.74. The highest BCUT2D eigenvalue weighted by Gasteiger charge is 2.05. The Morgan fingerprint density at radius 1 is 1.08 bits per heavy atom. The molecule has 0 aromatic heterocycles. The normalized spacial score (nSPS) is 11.2. The summed E-state index contributed by atoms with van der Waals surface area (Å²) in [6.45, 7) is 6.63. The molecular formula is C9H14OSi2-. The Balaban J connectivity index is 2.44. The topological polar surface area (TPSA) is 9.23 Å². The molecule has 0 heterocycles. The molecule has 1 rings (SSSR count). The summed E-state index contributed by atoms with van der Waals surface area (Å²) in [6, 6.07) is 10.4. The van der Waals surface area contributed by atoms with Crippen LogP contribution < -0.4 is 5.19 Å². The first-order valence-corrected chi connectivity index (χ1v) is 8.39. The van der Waals surface area contributed by atoms with Crippen molar-refractivity contribution in [2.75, 3.05) is 0 Å². The maximum atomic E-state index is 5.78. The van der Waals surface area contributed by atoms with E-state index in [1.807, 2.05) is 6.07 Å². The Labute approximate surface area is 77.8 Å². The van der Waals surface area contributed by atoms with E-state index in [0.29, 0.717) is 9.76 Å². The van der Waals surface area contributed by atoms with E-state index in [-0.39, 0.29) is 0 Å². The van der Waals surface area contributed by atoms with Crippen LogP contribution in [0.4, 0.5) is 0 Å². The van der Waals surface area contributed by atoms with E-state index < -0.39 is 8.32 Å². The van der Waals surface area contributed by atoms with Crippen LogP contribution >= 0.6 is 0 Å². The molecule has 12 heavy (non-hydrogen) atoms. The largest absolute Gasteiger partial charge is 0.632 e. The van der Waals surface area contributed by atoms with Crippen molar-refractivity contribution in [3.63, 3.8) is 0 Å². The summed E-state index contributed by atoms with van der Waals surface area (Å²) in [4.78, 5) is 0. The van der Waals surface area contributed by atoms with Crippen molar-refractivity contribution in [2.24, 2.45) is 0 Å². The summed E-state index contributed by atoms with van der Waals surface area (Å²) in [5, 5.41) is 1.29. The molecule has 0 aliphatic heterocycles. The van der Waals surface area contributed by atoms with E-state index in [1.165, 1.54) is 5.19 Å². The third-order valence-electron chi connectivity index (χ3n) is 1.25. The van der Waals surface area contributed by atoms with Gasteiger partial charge in [-0.3, -0.25) is 9.76 Å². The zero-order valence-electron chi connectivity index (χ0n) is 7.79. The Morgan fingerprint density at radius 3 is 2.17 bits per heavy atom. The Morgan fingerprint density at radius 2 is 1.67 bits per heavy atom. The van der Waals surface area contributed by atoms with E-state index in [2.05, 4.69) is 43.9 Å². The molecule has 0 fully saturated rings. The molecule has 1 nitrogen and oxygen atoms in total. The van der Waals surface area contributed by atoms with Crippen LogP contribution in [0.5, 0.6) is 0 Å². The van der Waals surface area contributed by atoms with Gasteiger partial charge in [0.25, 0.3) is 0 Å². The van der Waals surface area contributed by atoms with Gasteiger partial charge in [0.2, 0.25) is 0 Å². The van der Waals surface area contributed by atoms with E-state index in [9.17, 15) is 0 Å². The Bertz CT molecular complexity index is 228. The first-order chi connectivity index (χ1) is 5.58. The minimum Gasteiger partial charge on any atom is -0.632 e. The summed E-state index contributed by atoms with van der Waals surface area (Å²) >= 11 is 0. The molecule has 65 valence electrons. The lowest BCUT2D eigenvalue weighted by molar-refractivity contribution is 0.608. The second kappa shape index (κ2) is 4.02. The number of hydrogen-bond donors (Lipinski definition) is 0. The maximum absolute atomic E-state index is 5.78. The van der Waals surface area contributed by atoms with Crippen LogP contribution in [0, 0.1) is 0 Å². The minimum absolute atomic E-state index is 0.518. The van der Waals surface area contributed by atoms with Gasteiger partial charge < -0.3 is 4.12 Å². The van der Waals surface area contributed by atoms with Gasteiger partial charge in [-0.25, -0.2) is 0 Å². The first kappa shape index (κ1) is 9.70. The number of hydrogen-bond acceptors (Lipinski definition) is 1. The summed E-state index contributed by atoms with van der Waals surface area (Å²) in [5.41, 5.74) is 0. The third-order valence-corrected chi connectivity index (χ3v) is 4.68. The highest BCUT2D eigenvalue weighted by atomic mass is 28.4. The molecule has 0 aliphatic rings. The van der Waals surface area contributed by atoms with Crippen molar-refractivity contribution >= 4 is 23.3 Å². The summed E-state index contributed by atoms with van der Waals surface area (Å²) in [7, 11) is -0.810. The van der Waals surface area contributed by atoms with Gasteiger partial charge in [-0.05, 0) is 19.6 Å². The quantitative estimate of drug-likeness (QED) is 0.667. The second-order valence-corrected chi connectivity index (χ2v) is 9.51. The average Bonchev–Trinajstić information content (AvgIpc) is 2.02. The van der Waals surface area contributed by atoms with Gasteiger partial charge >= 0.3 is 0 Å². The van der Waals surface area contributed by atoms with Crippen LogP contribution in [0.1, 0.15) is 0 Å².